The Kier molecular flexibility index (Phi) is 8.83. The molecule has 6 heterocycles. The van der Waals surface area contributed by atoms with E-state index in [0.29, 0.717) is 41.4 Å². The van der Waals surface area contributed by atoms with Crippen LogP contribution in [0.5, 0.6) is 11.5 Å². The van der Waals surface area contributed by atoms with Gasteiger partial charge in [0.15, 0.2) is 0 Å². The van der Waals surface area contributed by atoms with Gasteiger partial charge in [0, 0.05) is 12.4 Å². The maximum Gasteiger partial charge on any atom is 0.221 e. The van der Waals surface area contributed by atoms with E-state index in [0.717, 1.165) is 55.1 Å². The number of nitrogens with zero attached hydrogens (tertiary/aromatic N) is 6. The zero-order valence-corrected chi connectivity index (χ0v) is 31.0. The van der Waals surface area contributed by atoms with Crippen molar-refractivity contribution in [2.75, 3.05) is 24.9 Å². The van der Waals surface area contributed by atoms with Gasteiger partial charge in [-0.15, -0.1) is 0 Å². The van der Waals surface area contributed by atoms with Crippen molar-refractivity contribution in [3.63, 3.8) is 0 Å². The summed E-state index contributed by atoms with van der Waals surface area (Å²) in [5.41, 5.74) is 8.10. The van der Waals surface area contributed by atoms with E-state index in [9.17, 15) is 8.42 Å². The lowest BCUT2D eigenvalue weighted by Gasteiger charge is -2.13. The third kappa shape index (κ3) is 6.58. The number of ether oxygens (including phenoxy) is 2. The Balaban J connectivity index is 0.000000160. The summed E-state index contributed by atoms with van der Waals surface area (Å²) in [6.07, 6.45) is 6.60. The minimum atomic E-state index is -3.72. The normalized spacial score (nSPS) is 12.8. The summed E-state index contributed by atoms with van der Waals surface area (Å²) in [7, 11) is -0.465. The molecule has 9 rings (SSSR count). The summed E-state index contributed by atoms with van der Waals surface area (Å²) in [6.45, 7) is 3.24. The lowest BCUT2D eigenvalue weighted by Crippen LogP contribution is -2.02. The van der Waals surface area contributed by atoms with Crippen LogP contribution in [0.15, 0.2) is 97.8 Å². The van der Waals surface area contributed by atoms with Crippen LogP contribution in [-0.2, 0) is 22.9 Å². The Bertz CT molecular complexity index is 2710. The summed E-state index contributed by atoms with van der Waals surface area (Å²) in [6, 6.07) is 18.1. The Morgan fingerprint density at radius 3 is 1.77 bits per heavy atom. The second-order valence-electron chi connectivity index (χ2n) is 12.2. The van der Waals surface area contributed by atoms with Crippen molar-refractivity contribution in [1.82, 2.24) is 29.9 Å². The highest BCUT2D eigenvalue weighted by Gasteiger charge is 2.23. The number of benzene rings is 3. The van der Waals surface area contributed by atoms with Gasteiger partial charge < -0.3 is 30.1 Å². The third-order valence-electron chi connectivity index (χ3n) is 8.83. The average molecular weight is 792 g/mol. The lowest BCUT2D eigenvalue weighted by molar-refractivity contribution is 0.416. The Morgan fingerprint density at radius 1 is 0.698 bits per heavy atom. The minimum absolute atomic E-state index is 0.0583. The summed E-state index contributed by atoms with van der Waals surface area (Å²) in [4.78, 5) is 31.9. The van der Waals surface area contributed by atoms with Gasteiger partial charge in [-0.25, -0.2) is 28.4 Å². The average Bonchev–Trinajstić information content (AvgIpc) is 3.98. The first-order valence-corrected chi connectivity index (χ1v) is 18.6. The van der Waals surface area contributed by atoms with Crippen LogP contribution >= 0.6 is 15.9 Å². The number of fused-ring (bicyclic) bond motifs is 4. The maximum atomic E-state index is 13.1. The second-order valence-corrected chi connectivity index (χ2v) is 15.0. The standard InChI is InChI=1S/C22H19N5O3S.C15H12BrN5O/c1-13-3-5-16(6-4-13)31(28,29)20-9-17-21(24-12-25-22(17)27-20)26-18-7-14-10-23-11-15(14)8-19(18)30-2;1-22-12-3-9-6-17-5-8(9)2-11(12)20-14-10-4-13(16)21-15(10)19-7-18-14/h3-10,12H,11H2,1-2H3,(H2,24,25,26,27);2-5,7H,6H2,1H3,(H2,18,19,20,21). The molecule has 3 aromatic carbocycles. The van der Waals surface area contributed by atoms with Crippen LogP contribution in [0.1, 0.15) is 27.8 Å². The highest BCUT2D eigenvalue weighted by Crippen LogP contribution is 2.36. The molecule has 2 aliphatic rings. The van der Waals surface area contributed by atoms with Gasteiger partial charge in [-0.05, 0) is 93.6 Å². The third-order valence-corrected chi connectivity index (χ3v) is 10.9. The number of anilines is 4. The number of hydrogen-bond donors (Lipinski definition) is 4. The maximum absolute atomic E-state index is 13.1. The van der Waals surface area contributed by atoms with Crippen molar-refractivity contribution in [2.45, 2.75) is 29.9 Å². The molecule has 4 aromatic heterocycles. The highest BCUT2D eigenvalue weighted by atomic mass is 79.9. The summed E-state index contributed by atoms with van der Waals surface area (Å²) < 4.78 is 38.0. The van der Waals surface area contributed by atoms with Gasteiger partial charge in [-0.3, -0.25) is 9.98 Å². The van der Waals surface area contributed by atoms with Crippen molar-refractivity contribution < 1.29 is 17.9 Å². The molecule has 266 valence electrons. The summed E-state index contributed by atoms with van der Waals surface area (Å²) in [5.74, 6) is 2.62. The first-order chi connectivity index (χ1) is 25.7. The molecule has 7 aromatic rings. The molecular formula is C37H31BrN10O4S. The second kappa shape index (κ2) is 13.8. The molecule has 0 fully saturated rings. The zero-order chi connectivity index (χ0) is 36.7. The van der Waals surface area contributed by atoms with Crippen molar-refractivity contribution in [3.05, 3.63) is 106 Å². The number of halogens is 1. The van der Waals surface area contributed by atoms with Gasteiger partial charge in [-0.1, -0.05) is 17.7 Å². The fourth-order valence-corrected chi connectivity index (χ4v) is 7.75. The highest BCUT2D eigenvalue weighted by molar-refractivity contribution is 9.10. The zero-order valence-electron chi connectivity index (χ0n) is 28.6. The molecule has 2 aliphatic heterocycles. The Morgan fingerprint density at radius 2 is 1.23 bits per heavy atom. The minimum Gasteiger partial charge on any atom is -0.495 e. The number of methoxy groups -OCH3 is 2. The van der Waals surface area contributed by atoms with Gasteiger partial charge in [0.05, 0.1) is 59.0 Å². The van der Waals surface area contributed by atoms with E-state index in [1.807, 2.05) is 49.7 Å². The lowest BCUT2D eigenvalue weighted by atomic mass is 10.1. The van der Waals surface area contributed by atoms with Crippen molar-refractivity contribution >= 4 is 83.3 Å². The van der Waals surface area contributed by atoms with Gasteiger partial charge in [0.25, 0.3) is 0 Å². The van der Waals surface area contributed by atoms with Crippen LogP contribution in [0.4, 0.5) is 23.0 Å². The molecular weight excluding hydrogens is 760 g/mol. The van der Waals surface area contributed by atoms with Crippen LogP contribution in [0.3, 0.4) is 0 Å². The number of sulfone groups is 1. The first-order valence-electron chi connectivity index (χ1n) is 16.3. The molecule has 16 heteroatoms. The Hall–Kier alpha value is -6.13. The number of aliphatic imine (C=N–C) groups is 2. The number of rotatable bonds is 8. The van der Waals surface area contributed by atoms with E-state index in [1.54, 1.807) is 44.6 Å². The monoisotopic (exact) mass is 790 g/mol. The molecule has 0 aliphatic carbocycles. The number of aryl methyl sites for hydroxylation is 1. The number of H-pyrrole nitrogens is 2. The van der Waals surface area contributed by atoms with Gasteiger partial charge >= 0.3 is 0 Å². The number of hydrogen-bond acceptors (Lipinski definition) is 12. The van der Waals surface area contributed by atoms with E-state index in [4.69, 9.17) is 9.47 Å². The molecule has 0 radical (unpaired) electrons. The van der Waals surface area contributed by atoms with Gasteiger partial charge in [0.2, 0.25) is 9.84 Å². The van der Waals surface area contributed by atoms with E-state index in [-0.39, 0.29) is 9.92 Å². The van der Waals surface area contributed by atoms with E-state index in [2.05, 4.69) is 66.5 Å². The van der Waals surface area contributed by atoms with Crippen LogP contribution in [0.2, 0.25) is 0 Å². The van der Waals surface area contributed by atoms with Crippen molar-refractivity contribution in [2.24, 2.45) is 9.98 Å². The molecule has 0 saturated carbocycles. The van der Waals surface area contributed by atoms with Crippen LogP contribution in [-0.4, -0.2) is 65.0 Å². The van der Waals surface area contributed by atoms with Gasteiger partial charge in [-0.2, -0.15) is 0 Å². The van der Waals surface area contributed by atoms with E-state index < -0.39 is 9.84 Å². The van der Waals surface area contributed by atoms with Crippen LogP contribution in [0, 0.1) is 6.92 Å². The van der Waals surface area contributed by atoms with Crippen LogP contribution in [0.25, 0.3) is 22.1 Å². The number of nitrogens with one attached hydrogen (secondary N) is 4. The molecule has 0 atom stereocenters. The Labute approximate surface area is 311 Å². The molecule has 0 spiro atoms. The molecule has 0 amide bonds. The fourth-order valence-electron chi connectivity index (χ4n) is 6.08. The quantitative estimate of drug-likeness (QED) is 0.123. The number of aromatic amines is 2. The molecule has 53 heavy (non-hydrogen) atoms. The molecule has 4 N–H and O–H groups in total. The smallest absolute Gasteiger partial charge is 0.221 e. The largest absolute Gasteiger partial charge is 0.495 e. The SMILES string of the molecule is COc1cc2c(cc1Nc1ncnc3[nH]c(Br)cc13)C=NC2.COc1cc2c(cc1Nc1ncnc3[nH]c(S(=O)(=O)c4ccc(C)cc4)cc13)C=NC2. The fraction of sp³-hybridized carbons (Fsp3) is 0.135. The topological polar surface area (TPSA) is 185 Å². The van der Waals surface area contributed by atoms with Crippen molar-refractivity contribution in [1.29, 1.82) is 0 Å². The molecule has 0 bridgehead atoms. The molecule has 0 saturated heterocycles. The number of aromatic nitrogens is 6. The van der Waals surface area contributed by atoms with Crippen molar-refractivity contribution in [3.8, 4) is 11.5 Å². The van der Waals surface area contributed by atoms with Crippen LogP contribution < -0.4 is 20.1 Å². The summed E-state index contributed by atoms with van der Waals surface area (Å²) >= 11 is 3.42. The van der Waals surface area contributed by atoms with E-state index in [1.165, 1.54) is 18.2 Å². The van der Waals surface area contributed by atoms with Gasteiger partial charge in [0.1, 0.15) is 52.1 Å². The predicted molar refractivity (Wildman–Crippen MR) is 207 cm³/mol. The summed E-state index contributed by atoms with van der Waals surface area (Å²) in [5, 5.41) is 8.11. The predicted octanol–water partition coefficient (Wildman–Crippen LogP) is 7.19. The molecule has 0 unspecified atom stereocenters. The van der Waals surface area contributed by atoms with E-state index >= 15 is 0 Å². The first kappa shape index (κ1) is 34.0. The molecule has 14 nitrogen and oxygen atoms in total.